The van der Waals surface area contributed by atoms with Crippen LogP contribution in [0.2, 0.25) is 0 Å². The van der Waals surface area contributed by atoms with Crippen LogP contribution in [0.5, 0.6) is 0 Å². The Labute approximate surface area is 147 Å². The Kier molecular flexibility index (Phi) is 5.94. The van der Waals surface area contributed by atoms with E-state index in [2.05, 4.69) is 15.4 Å². The van der Waals surface area contributed by atoms with Crippen molar-refractivity contribution in [2.45, 2.75) is 52.6 Å². The molecule has 1 amide bonds. The molecule has 0 saturated heterocycles. The van der Waals surface area contributed by atoms with E-state index < -0.39 is 0 Å². The van der Waals surface area contributed by atoms with Gasteiger partial charge in [0.2, 0.25) is 5.91 Å². The minimum absolute atomic E-state index is 0.0899. The van der Waals surface area contributed by atoms with Gasteiger partial charge in [-0.05, 0) is 34.1 Å². The molecule has 138 valence electrons. The van der Waals surface area contributed by atoms with Crippen LogP contribution in [0.3, 0.4) is 0 Å². The normalized spacial score (nSPS) is 11.9. The van der Waals surface area contributed by atoms with Gasteiger partial charge in [0.05, 0.1) is 11.7 Å². The van der Waals surface area contributed by atoms with E-state index in [1.807, 2.05) is 20.8 Å². The molecular formula is C17H27N5O3. The van der Waals surface area contributed by atoms with Gasteiger partial charge in [-0.1, -0.05) is 0 Å². The van der Waals surface area contributed by atoms with E-state index in [0.29, 0.717) is 36.6 Å². The van der Waals surface area contributed by atoms with E-state index >= 15 is 0 Å². The summed E-state index contributed by atoms with van der Waals surface area (Å²) < 4.78 is 8.23. The van der Waals surface area contributed by atoms with Crippen molar-refractivity contribution in [1.82, 2.24) is 24.6 Å². The molecule has 0 aliphatic heterocycles. The minimum Gasteiger partial charge on any atom is -0.385 e. The summed E-state index contributed by atoms with van der Waals surface area (Å²) in [6.45, 7) is 9.27. The molecule has 0 radical (unpaired) electrons. The number of amides is 1. The highest BCUT2D eigenvalue weighted by molar-refractivity contribution is 5.76. The molecule has 0 fully saturated rings. The van der Waals surface area contributed by atoms with Crippen LogP contribution < -0.4 is 10.9 Å². The molecule has 0 unspecified atom stereocenters. The summed E-state index contributed by atoms with van der Waals surface area (Å²) in [5.74, 6) is 0.489. The van der Waals surface area contributed by atoms with Gasteiger partial charge in [0.1, 0.15) is 11.2 Å². The highest BCUT2D eigenvalue weighted by Crippen LogP contribution is 2.18. The van der Waals surface area contributed by atoms with Gasteiger partial charge in [-0.15, -0.1) is 0 Å². The first-order chi connectivity index (χ1) is 11.8. The Morgan fingerprint density at radius 2 is 2.08 bits per heavy atom. The van der Waals surface area contributed by atoms with Crippen LogP contribution in [0.25, 0.3) is 11.0 Å². The largest absolute Gasteiger partial charge is 0.385 e. The highest BCUT2D eigenvalue weighted by Gasteiger charge is 2.21. The predicted molar refractivity (Wildman–Crippen MR) is 95.6 cm³/mol. The fourth-order valence-electron chi connectivity index (χ4n) is 2.61. The molecule has 0 atom stereocenters. The molecule has 8 nitrogen and oxygen atoms in total. The molecule has 2 rings (SSSR count). The molecule has 0 spiro atoms. The maximum Gasteiger partial charge on any atom is 0.264 e. The number of carbonyl (C=O) groups excluding carboxylic acids is 1. The number of hydrogen-bond donors (Lipinski definition) is 1. The fraction of sp³-hybridized carbons (Fsp3) is 0.647. The third-order valence-electron chi connectivity index (χ3n) is 3.92. The maximum absolute atomic E-state index is 12.7. The zero-order chi connectivity index (χ0) is 18.6. The summed E-state index contributed by atoms with van der Waals surface area (Å²) in [7, 11) is 1.63. The van der Waals surface area contributed by atoms with E-state index in [9.17, 15) is 9.59 Å². The van der Waals surface area contributed by atoms with Gasteiger partial charge < -0.3 is 10.1 Å². The molecule has 8 heteroatoms. The van der Waals surface area contributed by atoms with Crippen molar-refractivity contribution in [3.8, 4) is 0 Å². The van der Waals surface area contributed by atoms with E-state index in [1.165, 1.54) is 4.57 Å². The van der Waals surface area contributed by atoms with Gasteiger partial charge in [0.25, 0.3) is 5.56 Å². The van der Waals surface area contributed by atoms with Gasteiger partial charge in [0.15, 0.2) is 5.65 Å². The number of nitrogens with one attached hydrogen (secondary N) is 1. The molecule has 0 bridgehead atoms. The number of hydrogen-bond acceptors (Lipinski definition) is 5. The second kappa shape index (κ2) is 7.77. The lowest BCUT2D eigenvalue weighted by Crippen LogP contribution is -2.30. The van der Waals surface area contributed by atoms with Crippen LogP contribution in [0, 0.1) is 6.92 Å². The second-order valence-corrected chi connectivity index (χ2v) is 7.03. The van der Waals surface area contributed by atoms with Crippen LogP contribution in [-0.2, 0) is 21.6 Å². The lowest BCUT2D eigenvalue weighted by Gasteiger charge is -2.20. The monoisotopic (exact) mass is 349 g/mol. The van der Waals surface area contributed by atoms with Gasteiger partial charge >= 0.3 is 0 Å². The van der Waals surface area contributed by atoms with Crippen molar-refractivity contribution in [3.63, 3.8) is 0 Å². The Hall–Kier alpha value is -2.22. The van der Waals surface area contributed by atoms with Crippen molar-refractivity contribution in [1.29, 1.82) is 0 Å². The van der Waals surface area contributed by atoms with Gasteiger partial charge in [-0.2, -0.15) is 5.10 Å². The van der Waals surface area contributed by atoms with Gasteiger partial charge in [0, 0.05) is 33.2 Å². The second-order valence-electron chi connectivity index (χ2n) is 7.03. The number of fused-ring (bicyclic) bond motifs is 1. The van der Waals surface area contributed by atoms with E-state index in [4.69, 9.17) is 4.74 Å². The number of ether oxygens (including phenoxy) is 1. The molecular weight excluding hydrogens is 322 g/mol. The van der Waals surface area contributed by atoms with Crippen LogP contribution in [0.1, 0.15) is 39.4 Å². The fourth-order valence-corrected chi connectivity index (χ4v) is 2.61. The van der Waals surface area contributed by atoms with E-state index in [0.717, 1.165) is 6.42 Å². The number of nitrogens with zero attached hydrogens (tertiary/aromatic N) is 4. The summed E-state index contributed by atoms with van der Waals surface area (Å²) in [5, 5.41) is 7.60. The number of carbonyl (C=O) groups is 1. The topological polar surface area (TPSA) is 91.0 Å². The lowest BCUT2D eigenvalue weighted by molar-refractivity contribution is -0.121. The molecule has 2 aromatic heterocycles. The van der Waals surface area contributed by atoms with Crippen molar-refractivity contribution < 1.29 is 9.53 Å². The first-order valence-electron chi connectivity index (χ1n) is 8.47. The average molecular weight is 349 g/mol. The zero-order valence-corrected chi connectivity index (χ0v) is 15.6. The molecule has 0 saturated carbocycles. The van der Waals surface area contributed by atoms with Crippen LogP contribution in [0.15, 0.2) is 11.0 Å². The summed E-state index contributed by atoms with van der Waals surface area (Å²) in [6.07, 6.45) is 2.55. The predicted octanol–water partition coefficient (Wildman–Crippen LogP) is 1.20. The Bertz CT molecular complexity index is 801. The average Bonchev–Trinajstić information content (AvgIpc) is 2.95. The third kappa shape index (κ3) is 4.45. The summed E-state index contributed by atoms with van der Waals surface area (Å²) >= 11 is 0. The van der Waals surface area contributed by atoms with Crippen molar-refractivity contribution >= 4 is 16.9 Å². The Balaban J connectivity index is 2.15. The molecule has 2 heterocycles. The van der Waals surface area contributed by atoms with Crippen LogP contribution in [0.4, 0.5) is 0 Å². The quantitative estimate of drug-likeness (QED) is 0.759. The molecule has 0 aliphatic rings. The van der Waals surface area contributed by atoms with Crippen molar-refractivity contribution in [2.24, 2.45) is 0 Å². The number of methoxy groups -OCH3 is 1. The number of aryl methyl sites for hydroxylation is 1. The van der Waals surface area contributed by atoms with Crippen molar-refractivity contribution in [2.75, 3.05) is 20.3 Å². The third-order valence-corrected chi connectivity index (χ3v) is 3.92. The maximum atomic E-state index is 12.7. The molecule has 0 aliphatic carbocycles. The van der Waals surface area contributed by atoms with Crippen molar-refractivity contribution in [3.05, 3.63) is 22.4 Å². The lowest BCUT2D eigenvalue weighted by atomic mass is 10.1. The van der Waals surface area contributed by atoms with Crippen LogP contribution in [-0.4, -0.2) is 45.5 Å². The van der Waals surface area contributed by atoms with E-state index in [1.54, 1.807) is 24.9 Å². The Morgan fingerprint density at radius 3 is 2.72 bits per heavy atom. The number of aromatic nitrogens is 4. The highest BCUT2D eigenvalue weighted by atomic mass is 16.5. The summed E-state index contributed by atoms with van der Waals surface area (Å²) in [6, 6.07) is 0. The van der Waals surface area contributed by atoms with Gasteiger partial charge in [-0.3, -0.25) is 14.2 Å². The summed E-state index contributed by atoms with van der Waals surface area (Å²) in [5.41, 5.74) is 0.155. The smallest absolute Gasteiger partial charge is 0.264 e. The SMILES string of the molecule is COCCCNC(=O)CCn1c(C)nc2c(cnn2C(C)(C)C)c1=O. The molecule has 25 heavy (non-hydrogen) atoms. The first kappa shape index (κ1) is 19.1. The molecule has 2 aromatic rings. The van der Waals surface area contributed by atoms with Gasteiger partial charge in [-0.25, -0.2) is 9.67 Å². The summed E-state index contributed by atoms with van der Waals surface area (Å²) in [4.78, 5) is 29.2. The minimum atomic E-state index is -0.262. The van der Waals surface area contributed by atoms with Crippen LogP contribution >= 0.6 is 0 Å². The first-order valence-corrected chi connectivity index (χ1v) is 8.47. The number of rotatable bonds is 7. The molecule has 0 aromatic carbocycles. The standard InChI is InChI=1S/C17H27N5O3/c1-12-20-15-13(11-19-22(15)17(2,3)4)16(24)21(12)9-7-14(23)18-8-6-10-25-5/h11H,6-10H2,1-5H3,(H,18,23). The Morgan fingerprint density at radius 1 is 1.36 bits per heavy atom. The zero-order valence-electron chi connectivity index (χ0n) is 15.6. The van der Waals surface area contributed by atoms with E-state index in [-0.39, 0.29) is 23.4 Å². The molecule has 1 N–H and O–H groups in total.